The molecule has 0 saturated carbocycles. The van der Waals surface area contributed by atoms with E-state index in [9.17, 15) is 0 Å². The molecule has 2 aliphatic heterocycles. The van der Waals surface area contributed by atoms with Crippen molar-refractivity contribution in [2.75, 3.05) is 10.7 Å². The zero-order valence-corrected chi connectivity index (χ0v) is 27.8. The second-order valence-corrected chi connectivity index (χ2v) is 12.5. The van der Waals surface area contributed by atoms with Crippen LogP contribution < -0.4 is 0 Å². The molecular weight excluding hydrogens is 624 g/mol. The van der Waals surface area contributed by atoms with E-state index in [1.165, 1.54) is 50.1 Å². The van der Waals surface area contributed by atoms with Crippen molar-refractivity contribution in [2.24, 2.45) is 0 Å². The fourth-order valence-electron chi connectivity index (χ4n) is 6.24. The van der Waals surface area contributed by atoms with Gasteiger partial charge in [-0.05, 0) is 135 Å². The molecule has 6 heteroatoms. The van der Waals surface area contributed by atoms with E-state index >= 15 is 0 Å². The molecule has 4 nitrogen and oxygen atoms in total. The quantitative estimate of drug-likeness (QED) is 0.236. The highest BCUT2D eigenvalue weighted by Crippen LogP contribution is 2.37. The maximum absolute atomic E-state index is 5.26. The summed E-state index contributed by atoms with van der Waals surface area (Å²) in [6.07, 6.45) is 6.10. The molecule has 3 aromatic rings. The van der Waals surface area contributed by atoms with Gasteiger partial charge in [-0.15, -0.1) is 0 Å². The molecule has 2 aliphatic rings. The lowest BCUT2D eigenvalue weighted by Gasteiger charge is -2.03. The Hall–Kier alpha value is -2.44. The number of nitrogens with one attached hydrogen (secondary N) is 2. The van der Waals surface area contributed by atoms with Crippen LogP contribution in [0.25, 0.3) is 44.4 Å². The summed E-state index contributed by atoms with van der Waals surface area (Å²) < 4.78 is 0. The van der Waals surface area contributed by atoms with Gasteiger partial charge in [0.2, 0.25) is 0 Å². The predicted molar refractivity (Wildman–Crippen MR) is 180 cm³/mol. The zero-order valence-electron chi connectivity index (χ0n) is 24.6. The first kappa shape index (κ1) is 29.1. The standard InChI is InChI=1S/C34H40Br2N4/c1-7-23-19(3)27-15-28-21(5)25(11-9-13-35)33(39-28)18-34-26(12-10-14-36)22(6)30(40-34)17-32-24(8-2)20(4)29(38-32)16-31(23)37-27/h15-18,38-39H,7-14H2,1-6H3. The molecule has 8 bridgehead atoms. The van der Waals surface area contributed by atoms with Crippen molar-refractivity contribution in [2.45, 2.75) is 80.1 Å². The molecule has 0 atom stereocenters. The number of halogens is 2. The molecule has 5 heterocycles. The first-order valence-electron chi connectivity index (χ1n) is 14.6. The Labute approximate surface area is 255 Å². The van der Waals surface area contributed by atoms with Crippen LogP contribution in [0, 0.1) is 13.8 Å². The minimum Gasteiger partial charge on any atom is -0.355 e. The van der Waals surface area contributed by atoms with Crippen LogP contribution in [-0.4, -0.2) is 30.6 Å². The summed E-state index contributed by atoms with van der Waals surface area (Å²) >= 11 is 7.30. The van der Waals surface area contributed by atoms with Crippen molar-refractivity contribution in [3.63, 3.8) is 0 Å². The molecule has 210 valence electrons. The number of nitrogens with zero attached hydrogens (tertiary/aromatic N) is 2. The van der Waals surface area contributed by atoms with Gasteiger partial charge in [0, 0.05) is 32.7 Å². The number of H-pyrrole nitrogens is 2. The third-order valence-electron chi connectivity index (χ3n) is 8.63. The van der Waals surface area contributed by atoms with E-state index in [0.29, 0.717) is 0 Å². The van der Waals surface area contributed by atoms with E-state index in [2.05, 4.69) is 108 Å². The molecule has 3 aromatic heterocycles. The van der Waals surface area contributed by atoms with Crippen LogP contribution >= 0.6 is 31.9 Å². The first-order valence-corrected chi connectivity index (χ1v) is 16.8. The number of aromatic amines is 2. The number of fused-ring (bicyclic) bond motifs is 8. The molecule has 0 saturated heterocycles. The number of alkyl halides is 2. The Kier molecular flexibility index (Phi) is 8.86. The van der Waals surface area contributed by atoms with Crippen LogP contribution in [0.3, 0.4) is 0 Å². The summed E-state index contributed by atoms with van der Waals surface area (Å²) in [7, 11) is 0. The number of allylic oxidation sites excluding steroid dienone is 4. The molecule has 0 spiro atoms. The highest BCUT2D eigenvalue weighted by molar-refractivity contribution is 9.09. The van der Waals surface area contributed by atoms with Gasteiger partial charge in [0.15, 0.2) is 0 Å². The Morgan fingerprint density at radius 2 is 1.05 bits per heavy atom. The van der Waals surface area contributed by atoms with Gasteiger partial charge in [0.05, 0.1) is 22.8 Å². The van der Waals surface area contributed by atoms with Crippen molar-refractivity contribution in [3.8, 4) is 0 Å². The number of hydrogen-bond acceptors (Lipinski definition) is 2. The summed E-state index contributed by atoms with van der Waals surface area (Å²) in [4.78, 5) is 18.0. The highest BCUT2D eigenvalue weighted by atomic mass is 79.9. The lowest BCUT2D eigenvalue weighted by atomic mass is 10.0. The second kappa shape index (κ2) is 12.2. The summed E-state index contributed by atoms with van der Waals surface area (Å²) in [6.45, 7) is 13.4. The fraction of sp³-hybridized carbons (Fsp3) is 0.412. The Morgan fingerprint density at radius 1 is 0.575 bits per heavy atom. The molecule has 2 N–H and O–H groups in total. The van der Waals surface area contributed by atoms with Crippen molar-refractivity contribution in [1.82, 2.24) is 19.9 Å². The third kappa shape index (κ3) is 5.30. The highest BCUT2D eigenvalue weighted by Gasteiger charge is 2.20. The van der Waals surface area contributed by atoms with Crippen LogP contribution in [0.4, 0.5) is 0 Å². The van der Waals surface area contributed by atoms with Crippen molar-refractivity contribution >= 4 is 76.2 Å². The Balaban J connectivity index is 1.94. The Morgan fingerprint density at radius 3 is 1.65 bits per heavy atom. The molecule has 0 unspecified atom stereocenters. The summed E-state index contributed by atoms with van der Waals surface area (Å²) in [5, 5.41) is 1.97. The van der Waals surface area contributed by atoms with Crippen LogP contribution in [0.1, 0.15) is 98.4 Å². The smallest absolute Gasteiger partial charge is 0.0693 e. The Bertz CT molecular complexity index is 1680. The number of hydrogen-bond donors (Lipinski definition) is 2. The summed E-state index contributed by atoms with van der Waals surface area (Å²) in [5.41, 5.74) is 19.4. The van der Waals surface area contributed by atoms with Crippen LogP contribution in [0.5, 0.6) is 0 Å². The van der Waals surface area contributed by atoms with E-state index < -0.39 is 0 Å². The molecule has 40 heavy (non-hydrogen) atoms. The van der Waals surface area contributed by atoms with E-state index in [0.717, 1.165) is 88.5 Å². The lowest BCUT2D eigenvalue weighted by Crippen LogP contribution is -1.89. The van der Waals surface area contributed by atoms with Gasteiger partial charge in [-0.3, -0.25) is 0 Å². The van der Waals surface area contributed by atoms with Crippen molar-refractivity contribution in [1.29, 1.82) is 0 Å². The third-order valence-corrected chi connectivity index (χ3v) is 9.75. The van der Waals surface area contributed by atoms with Gasteiger partial charge in [0.1, 0.15) is 0 Å². The minimum atomic E-state index is 0.952. The van der Waals surface area contributed by atoms with Gasteiger partial charge >= 0.3 is 0 Å². The maximum Gasteiger partial charge on any atom is 0.0693 e. The lowest BCUT2D eigenvalue weighted by molar-refractivity contribution is 0.942. The molecule has 0 radical (unpaired) electrons. The summed E-state index contributed by atoms with van der Waals surface area (Å²) in [5.74, 6) is 0. The topological polar surface area (TPSA) is 57.4 Å². The molecule has 0 amide bonds. The predicted octanol–water partition coefficient (Wildman–Crippen LogP) is 10.3. The minimum absolute atomic E-state index is 0.952. The van der Waals surface area contributed by atoms with Crippen LogP contribution in [0.15, 0.2) is 24.3 Å². The average molecular weight is 665 g/mol. The molecular formula is C34H40Br2N4. The molecule has 0 aliphatic carbocycles. The van der Waals surface area contributed by atoms with E-state index in [4.69, 9.17) is 9.97 Å². The van der Waals surface area contributed by atoms with Crippen LogP contribution in [-0.2, 0) is 12.8 Å². The monoisotopic (exact) mass is 662 g/mol. The van der Waals surface area contributed by atoms with Gasteiger partial charge in [-0.1, -0.05) is 45.7 Å². The number of rotatable bonds is 8. The van der Waals surface area contributed by atoms with Gasteiger partial charge in [-0.25, -0.2) is 9.97 Å². The van der Waals surface area contributed by atoms with E-state index in [-0.39, 0.29) is 0 Å². The van der Waals surface area contributed by atoms with Gasteiger partial charge in [0.25, 0.3) is 0 Å². The SMILES string of the molecule is CCC1=C(C)c2cc3[nH]c(cc4nc(cc5[nH]c(cc1n2)c(C)c5CC)C(C)=C4CCCBr)c(CCCBr)c3C. The maximum atomic E-state index is 5.26. The van der Waals surface area contributed by atoms with Gasteiger partial charge < -0.3 is 9.97 Å². The van der Waals surface area contributed by atoms with Crippen molar-refractivity contribution < 1.29 is 0 Å². The fourth-order valence-corrected chi connectivity index (χ4v) is 6.80. The average Bonchev–Trinajstić information content (AvgIpc) is 3.59. The van der Waals surface area contributed by atoms with Crippen LogP contribution in [0.2, 0.25) is 0 Å². The largest absolute Gasteiger partial charge is 0.355 e. The second-order valence-electron chi connectivity index (χ2n) is 11.0. The van der Waals surface area contributed by atoms with E-state index in [1.807, 2.05) is 0 Å². The first-order chi connectivity index (χ1) is 19.3. The normalized spacial score (nSPS) is 13.6. The summed E-state index contributed by atoms with van der Waals surface area (Å²) in [6, 6.07) is 9.06. The number of aryl methyl sites for hydroxylation is 4. The zero-order chi connectivity index (χ0) is 28.6. The molecule has 5 rings (SSSR count). The van der Waals surface area contributed by atoms with E-state index in [1.54, 1.807) is 0 Å². The number of aromatic nitrogens is 4. The molecule has 0 fully saturated rings. The molecule has 0 aromatic carbocycles. The van der Waals surface area contributed by atoms with Crippen molar-refractivity contribution in [3.05, 3.63) is 69.3 Å². The van der Waals surface area contributed by atoms with Gasteiger partial charge in [-0.2, -0.15) is 0 Å².